The van der Waals surface area contributed by atoms with Gasteiger partial charge in [-0.1, -0.05) is 6.92 Å². The summed E-state index contributed by atoms with van der Waals surface area (Å²) in [6.45, 7) is 4.46. The van der Waals surface area contributed by atoms with E-state index in [0.29, 0.717) is 0 Å². The first-order valence-electron chi connectivity index (χ1n) is 4.87. The average molecular weight is 176 g/mol. The molecule has 1 aliphatic heterocycles. The van der Waals surface area contributed by atoms with Crippen molar-refractivity contribution in [2.24, 2.45) is 0 Å². The third-order valence-electron chi connectivity index (χ3n) is 2.27. The molecule has 1 heterocycles. The molecule has 1 rings (SSSR count). The van der Waals surface area contributed by atoms with Crippen LogP contribution in [0.2, 0.25) is 0 Å². The van der Waals surface area contributed by atoms with Gasteiger partial charge in [0, 0.05) is 25.4 Å². The highest BCUT2D eigenvalue weighted by molar-refractivity contribution is 5.22. The molecule has 0 aromatic carbocycles. The average Bonchev–Trinajstić information content (AvgIpc) is 2.64. The SMILES string of the molecule is CCC(C=CC#N)=CN1CCCC1. The van der Waals surface area contributed by atoms with E-state index in [1.54, 1.807) is 6.08 Å². The van der Waals surface area contributed by atoms with E-state index < -0.39 is 0 Å². The molecule has 2 heteroatoms. The highest BCUT2D eigenvalue weighted by atomic mass is 15.1. The summed E-state index contributed by atoms with van der Waals surface area (Å²) in [5, 5.41) is 8.39. The van der Waals surface area contributed by atoms with Gasteiger partial charge in [0.05, 0.1) is 6.07 Å². The van der Waals surface area contributed by atoms with Crippen molar-refractivity contribution >= 4 is 0 Å². The van der Waals surface area contributed by atoms with Gasteiger partial charge in [-0.2, -0.15) is 5.26 Å². The predicted molar refractivity (Wildman–Crippen MR) is 53.9 cm³/mol. The largest absolute Gasteiger partial charge is 0.377 e. The fourth-order valence-electron chi connectivity index (χ4n) is 1.50. The van der Waals surface area contributed by atoms with Crippen LogP contribution in [0, 0.1) is 11.3 Å². The van der Waals surface area contributed by atoms with Crippen LogP contribution in [0.4, 0.5) is 0 Å². The minimum absolute atomic E-state index is 0.995. The molecule has 0 radical (unpaired) electrons. The number of hydrogen-bond acceptors (Lipinski definition) is 2. The molecular formula is C11H16N2. The van der Waals surface area contributed by atoms with Crippen LogP contribution in [0.5, 0.6) is 0 Å². The summed E-state index contributed by atoms with van der Waals surface area (Å²) in [4.78, 5) is 2.33. The van der Waals surface area contributed by atoms with Crippen molar-refractivity contribution in [2.75, 3.05) is 13.1 Å². The molecule has 0 aromatic rings. The number of hydrogen-bond donors (Lipinski definition) is 0. The summed E-state index contributed by atoms with van der Waals surface area (Å²) in [5.41, 5.74) is 1.24. The summed E-state index contributed by atoms with van der Waals surface area (Å²) >= 11 is 0. The van der Waals surface area contributed by atoms with Crippen molar-refractivity contribution < 1.29 is 0 Å². The highest BCUT2D eigenvalue weighted by Gasteiger charge is 2.07. The van der Waals surface area contributed by atoms with E-state index in [2.05, 4.69) is 18.0 Å². The lowest BCUT2D eigenvalue weighted by Gasteiger charge is -2.12. The van der Waals surface area contributed by atoms with Gasteiger partial charge in [0.1, 0.15) is 0 Å². The molecule has 0 atom stereocenters. The van der Waals surface area contributed by atoms with Crippen molar-refractivity contribution in [3.05, 3.63) is 23.9 Å². The number of nitriles is 1. The minimum atomic E-state index is 0.995. The lowest BCUT2D eigenvalue weighted by molar-refractivity contribution is 0.464. The zero-order valence-corrected chi connectivity index (χ0v) is 8.16. The van der Waals surface area contributed by atoms with Crippen molar-refractivity contribution in [3.63, 3.8) is 0 Å². The Morgan fingerprint density at radius 3 is 2.69 bits per heavy atom. The Hall–Kier alpha value is -1.23. The second kappa shape index (κ2) is 5.42. The first-order valence-corrected chi connectivity index (χ1v) is 4.87. The number of likely N-dealkylation sites (tertiary alicyclic amines) is 1. The Balaban J connectivity index is 2.53. The van der Waals surface area contributed by atoms with Crippen LogP contribution in [0.3, 0.4) is 0 Å². The van der Waals surface area contributed by atoms with E-state index in [1.165, 1.54) is 31.5 Å². The molecule has 0 unspecified atom stereocenters. The van der Waals surface area contributed by atoms with E-state index in [1.807, 2.05) is 12.1 Å². The molecule has 0 spiro atoms. The Morgan fingerprint density at radius 1 is 1.46 bits per heavy atom. The smallest absolute Gasteiger partial charge is 0.0912 e. The minimum Gasteiger partial charge on any atom is -0.377 e. The normalized spacial score (nSPS) is 18.2. The maximum absolute atomic E-state index is 8.39. The summed E-state index contributed by atoms with van der Waals surface area (Å²) in [5.74, 6) is 0. The topological polar surface area (TPSA) is 27.0 Å². The van der Waals surface area contributed by atoms with Crippen LogP contribution in [0.15, 0.2) is 23.9 Å². The Kier molecular flexibility index (Phi) is 4.11. The molecule has 70 valence electrons. The lowest BCUT2D eigenvalue weighted by atomic mass is 10.2. The van der Waals surface area contributed by atoms with Crippen molar-refractivity contribution in [1.29, 1.82) is 5.26 Å². The highest BCUT2D eigenvalue weighted by Crippen LogP contribution is 2.11. The second-order valence-electron chi connectivity index (χ2n) is 3.26. The number of nitrogens with zero attached hydrogens (tertiary/aromatic N) is 2. The molecule has 0 amide bonds. The zero-order chi connectivity index (χ0) is 9.52. The Bertz CT molecular complexity index is 239. The quantitative estimate of drug-likeness (QED) is 0.488. The molecule has 1 saturated heterocycles. The van der Waals surface area contributed by atoms with E-state index in [-0.39, 0.29) is 0 Å². The van der Waals surface area contributed by atoms with Gasteiger partial charge in [-0.05, 0) is 30.9 Å². The van der Waals surface area contributed by atoms with E-state index in [9.17, 15) is 0 Å². The van der Waals surface area contributed by atoms with Crippen LogP contribution in [-0.2, 0) is 0 Å². The van der Waals surface area contributed by atoms with Gasteiger partial charge in [-0.15, -0.1) is 0 Å². The Labute approximate surface area is 80.2 Å². The zero-order valence-electron chi connectivity index (χ0n) is 8.16. The van der Waals surface area contributed by atoms with Gasteiger partial charge in [0.25, 0.3) is 0 Å². The molecule has 0 bridgehead atoms. The summed E-state index contributed by atoms with van der Waals surface area (Å²) < 4.78 is 0. The first kappa shape index (κ1) is 9.85. The standard InChI is InChI=1S/C11H16N2/c1-2-11(6-5-7-12)10-13-8-3-4-9-13/h5-6,10H,2-4,8-9H2,1H3. The fraction of sp³-hybridized carbons (Fsp3) is 0.545. The summed E-state index contributed by atoms with van der Waals surface area (Å²) in [6, 6.07) is 2.02. The predicted octanol–water partition coefficient (Wildman–Crippen LogP) is 2.46. The molecule has 1 fully saturated rings. The van der Waals surface area contributed by atoms with Gasteiger partial charge in [0.15, 0.2) is 0 Å². The van der Waals surface area contributed by atoms with Gasteiger partial charge < -0.3 is 4.90 Å². The lowest BCUT2D eigenvalue weighted by Crippen LogP contribution is -2.11. The van der Waals surface area contributed by atoms with Gasteiger partial charge >= 0.3 is 0 Å². The fourth-order valence-corrected chi connectivity index (χ4v) is 1.50. The van der Waals surface area contributed by atoms with Crippen LogP contribution in [0.25, 0.3) is 0 Å². The molecule has 0 saturated carbocycles. The van der Waals surface area contributed by atoms with Crippen LogP contribution in [-0.4, -0.2) is 18.0 Å². The second-order valence-corrected chi connectivity index (χ2v) is 3.26. The third kappa shape index (κ3) is 3.33. The summed E-state index contributed by atoms with van der Waals surface area (Å²) in [6.07, 6.45) is 9.23. The maximum atomic E-state index is 8.39. The monoisotopic (exact) mass is 176 g/mol. The van der Waals surface area contributed by atoms with Crippen LogP contribution < -0.4 is 0 Å². The summed E-state index contributed by atoms with van der Waals surface area (Å²) in [7, 11) is 0. The third-order valence-corrected chi connectivity index (χ3v) is 2.27. The number of rotatable bonds is 3. The van der Waals surface area contributed by atoms with Crippen LogP contribution in [0.1, 0.15) is 26.2 Å². The van der Waals surface area contributed by atoms with E-state index >= 15 is 0 Å². The van der Waals surface area contributed by atoms with Crippen molar-refractivity contribution in [3.8, 4) is 6.07 Å². The number of allylic oxidation sites excluding steroid dienone is 3. The maximum Gasteiger partial charge on any atom is 0.0912 e. The van der Waals surface area contributed by atoms with Gasteiger partial charge in [-0.25, -0.2) is 0 Å². The first-order chi connectivity index (χ1) is 6.36. The van der Waals surface area contributed by atoms with Crippen LogP contribution >= 0.6 is 0 Å². The molecular weight excluding hydrogens is 160 g/mol. The van der Waals surface area contributed by atoms with Crippen molar-refractivity contribution in [1.82, 2.24) is 4.90 Å². The molecule has 0 N–H and O–H groups in total. The molecule has 0 aromatic heterocycles. The molecule has 2 nitrogen and oxygen atoms in total. The molecule has 13 heavy (non-hydrogen) atoms. The van der Waals surface area contributed by atoms with E-state index in [4.69, 9.17) is 5.26 Å². The Morgan fingerprint density at radius 2 is 2.15 bits per heavy atom. The van der Waals surface area contributed by atoms with Gasteiger partial charge in [0.2, 0.25) is 0 Å². The van der Waals surface area contributed by atoms with E-state index in [0.717, 1.165) is 6.42 Å². The molecule has 0 aliphatic carbocycles. The van der Waals surface area contributed by atoms with Crippen molar-refractivity contribution in [2.45, 2.75) is 26.2 Å². The molecule has 1 aliphatic rings. The van der Waals surface area contributed by atoms with Gasteiger partial charge in [-0.3, -0.25) is 0 Å².